The Morgan fingerprint density at radius 1 is 0.185 bits per heavy atom. The Hall–Kier alpha value is -7.02. The maximum atomic E-state index is 2.38. The van der Waals surface area contributed by atoms with Crippen LogP contribution in [0.15, 0.2) is 206 Å². The standard InChI is InChI=1S/C54H34/c1-3-13-45-36(10-1)12-9-19-47(45)38-22-20-35(21-23-38)39-25-26-41-33-43(29-27-40(41)32-39)53-49-15-5-7-17-51(49)54(52-18-8-6-16-50(52)53)44-30-31-48-42(34-44)28-24-37-11-2-4-14-46(37)48/h1-34H. The zero-order valence-corrected chi connectivity index (χ0v) is 29.6. The van der Waals surface area contributed by atoms with Gasteiger partial charge in [-0.1, -0.05) is 188 Å². The molecule has 54 heavy (non-hydrogen) atoms. The van der Waals surface area contributed by atoms with E-state index < -0.39 is 0 Å². The Kier molecular flexibility index (Phi) is 6.97. The lowest BCUT2D eigenvalue weighted by molar-refractivity contribution is 1.62. The van der Waals surface area contributed by atoms with Crippen molar-refractivity contribution in [2.24, 2.45) is 0 Å². The Morgan fingerprint density at radius 3 is 1.22 bits per heavy atom. The number of fused-ring (bicyclic) bond motifs is 7. The highest BCUT2D eigenvalue weighted by Crippen LogP contribution is 2.45. The molecule has 11 aromatic rings. The molecule has 0 N–H and O–H groups in total. The molecule has 0 aliphatic heterocycles. The van der Waals surface area contributed by atoms with E-state index >= 15 is 0 Å². The van der Waals surface area contributed by atoms with Crippen LogP contribution in [0.25, 0.3) is 109 Å². The van der Waals surface area contributed by atoms with Crippen molar-refractivity contribution < 1.29 is 0 Å². The lowest BCUT2D eigenvalue weighted by Crippen LogP contribution is -1.91. The van der Waals surface area contributed by atoms with Gasteiger partial charge in [0.25, 0.3) is 0 Å². The van der Waals surface area contributed by atoms with Gasteiger partial charge in [-0.05, 0) is 127 Å². The minimum Gasteiger partial charge on any atom is -0.0616 e. The highest BCUT2D eigenvalue weighted by atomic mass is 14.2. The third kappa shape index (κ3) is 4.92. The van der Waals surface area contributed by atoms with E-state index in [-0.39, 0.29) is 0 Å². The molecule has 0 aliphatic carbocycles. The third-order valence-electron chi connectivity index (χ3n) is 11.4. The molecule has 11 rings (SSSR count). The lowest BCUT2D eigenvalue weighted by atomic mass is 9.85. The maximum Gasteiger partial charge on any atom is -0.00262 e. The molecule has 0 aromatic heterocycles. The van der Waals surface area contributed by atoms with Crippen LogP contribution in [0.1, 0.15) is 0 Å². The highest BCUT2D eigenvalue weighted by molar-refractivity contribution is 6.22. The molecule has 0 unspecified atom stereocenters. The van der Waals surface area contributed by atoms with E-state index in [1.807, 2.05) is 0 Å². The Morgan fingerprint density at radius 2 is 0.574 bits per heavy atom. The number of benzene rings is 11. The molecule has 0 nitrogen and oxygen atoms in total. The summed E-state index contributed by atoms with van der Waals surface area (Å²) in [6, 6.07) is 76.1. The van der Waals surface area contributed by atoms with Gasteiger partial charge in [-0.15, -0.1) is 0 Å². The van der Waals surface area contributed by atoms with E-state index in [0.717, 1.165) is 0 Å². The van der Waals surface area contributed by atoms with Crippen molar-refractivity contribution in [2.75, 3.05) is 0 Å². The van der Waals surface area contributed by atoms with Gasteiger partial charge in [0.05, 0.1) is 0 Å². The molecule has 0 radical (unpaired) electrons. The predicted molar refractivity (Wildman–Crippen MR) is 233 cm³/mol. The summed E-state index contributed by atoms with van der Waals surface area (Å²) in [6.45, 7) is 0. The quantitative estimate of drug-likeness (QED) is 0.128. The predicted octanol–water partition coefficient (Wildman–Crippen LogP) is 15.3. The van der Waals surface area contributed by atoms with Crippen LogP contribution < -0.4 is 0 Å². The van der Waals surface area contributed by atoms with Crippen LogP contribution in [0.4, 0.5) is 0 Å². The molecule has 0 heterocycles. The van der Waals surface area contributed by atoms with Crippen LogP contribution in [-0.4, -0.2) is 0 Å². The Bertz CT molecular complexity index is 3190. The zero-order chi connectivity index (χ0) is 35.6. The van der Waals surface area contributed by atoms with Gasteiger partial charge in [-0.2, -0.15) is 0 Å². The monoisotopic (exact) mass is 682 g/mol. The van der Waals surface area contributed by atoms with Crippen LogP contribution in [0.5, 0.6) is 0 Å². The van der Waals surface area contributed by atoms with Gasteiger partial charge in [0.2, 0.25) is 0 Å². The summed E-state index contributed by atoms with van der Waals surface area (Å²) < 4.78 is 0. The minimum atomic E-state index is 1.22. The number of hydrogen-bond acceptors (Lipinski definition) is 0. The average molecular weight is 683 g/mol. The summed E-state index contributed by atoms with van der Waals surface area (Å²) >= 11 is 0. The summed E-state index contributed by atoms with van der Waals surface area (Å²) in [5, 5.41) is 15.2. The second kappa shape index (κ2) is 12.3. The van der Waals surface area contributed by atoms with Gasteiger partial charge in [0.15, 0.2) is 0 Å². The van der Waals surface area contributed by atoms with Crippen molar-refractivity contribution in [3.63, 3.8) is 0 Å². The Labute approximate surface area is 314 Å². The van der Waals surface area contributed by atoms with Crippen molar-refractivity contribution >= 4 is 64.6 Å². The van der Waals surface area contributed by atoms with Crippen molar-refractivity contribution in [1.82, 2.24) is 0 Å². The molecular weight excluding hydrogens is 649 g/mol. The first-order valence-corrected chi connectivity index (χ1v) is 18.7. The second-order valence-electron chi connectivity index (χ2n) is 14.4. The number of hydrogen-bond donors (Lipinski definition) is 0. The smallest absolute Gasteiger partial charge is 0.00262 e. The Balaban J connectivity index is 1.01. The molecule has 0 saturated heterocycles. The molecule has 0 amide bonds. The van der Waals surface area contributed by atoms with Crippen molar-refractivity contribution in [3.8, 4) is 44.5 Å². The van der Waals surface area contributed by atoms with Crippen LogP contribution >= 0.6 is 0 Å². The normalized spacial score (nSPS) is 11.7. The van der Waals surface area contributed by atoms with Gasteiger partial charge >= 0.3 is 0 Å². The molecule has 0 fully saturated rings. The van der Waals surface area contributed by atoms with Crippen LogP contribution in [-0.2, 0) is 0 Å². The first kappa shape index (κ1) is 30.6. The van der Waals surface area contributed by atoms with Crippen LogP contribution in [0.3, 0.4) is 0 Å². The van der Waals surface area contributed by atoms with Gasteiger partial charge in [-0.3, -0.25) is 0 Å². The first-order valence-electron chi connectivity index (χ1n) is 18.7. The summed E-state index contributed by atoms with van der Waals surface area (Å²) in [6.07, 6.45) is 0. The summed E-state index contributed by atoms with van der Waals surface area (Å²) in [5.41, 5.74) is 10.0. The highest BCUT2D eigenvalue weighted by Gasteiger charge is 2.17. The van der Waals surface area contributed by atoms with E-state index in [0.29, 0.717) is 0 Å². The largest absolute Gasteiger partial charge is 0.0616 e. The van der Waals surface area contributed by atoms with Crippen molar-refractivity contribution in [1.29, 1.82) is 0 Å². The van der Waals surface area contributed by atoms with E-state index in [9.17, 15) is 0 Å². The minimum absolute atomic E-state index is 1.22. The topological polar surface area (TPSA) is 0 Å². The molecule has 0 heteroatoms. The fourth-order valence-electron chi connectivity index (χ4n) is 8.82. The molecule has 0 bridgehead atoms. The molecule has 0 spiro atoms. The summed E-state index contributed by atoms with van der Waals surface area (Å²) in [4.78, 5) is 0. The molecular formula is C54H34. The SMILES string of the molecule is c1ccc2c(-c3ccc(-c4ccc5cc(-c6c7ccccc7c(-c7ccc8c(ccc9ccccc98)c7)c7ccccc67)ccc5c4)cc3)cccc2c1. The fourth-order valence-corrected chi connectivity index (χ4v) is 8.82. The average Bonchev–Trinajstić information content (AvgIpc) is 3.24. The van der Waals surface area contributed by atoms with Crippen LogP contribution in [0, 0.1) is 0 Å². The fraction of sp³-hybridized carbons (Fsp3) is 0. The van der Waals surface area contributed by atoms with E-state index in [1.165, 1.54) is 109 Å². The van der Waals surface area contributed by atoms with E-state index in [1.54, 1.807) is 0 Å². The lowest BCUT2D eigenvalue weighted by Gasteiger charge is -2.18. The zero-order valence-electron chi connectivity index (χ0n) is 29.6. The van der Waals surface area contributed by atoms with E-state index in [2.05, 4.69) is 206 Å². The second-order valence-corrected chi connectivity index (χ2v) is 14.4. The summed E-state index contributed by atoms with van der Waals surface area (Å²) in [5.74, 6) is 0. The van der Waals surface area contributed by atoms with E-state index in [4.69, 9.17) is 0 Å². The first-order chi connectivity index (χ1) is 26.8. The van der Waals surface area contributed by atoms with Crippen molar-refractivity contribution in [3.05, 3.63) is 206 Å². The third-order valence-corrected chi connectivity index (χ3v) is 11.4. The summed E-state index contributed by atoms with van der Waals surface area (Å²) in [7, 11) is 0. The van der Waals surface area contributed by atoms with Gasteiger partial charge in [-0.25, -0.2) is 0 Å². The van der Waals surface area contributed by atoms with Crippen molar-refractivity contribution in [2.45, 2.75) is 0 Å². The van der Waals surface area contributed by atoms with Gasteiger partial charge < -0.3 is 0 Å². The van der Waals surface area contributed by atoms with Gasteiger partial charge in [0.1, 0.15) is 0 Å². The number of rotatable bonds is 4. The molecule has 0 saturated carbocycles. The molecule has 0 atom stereocenters. The molecule has 0 aliphatic rings. The molecule has 11 aromatic carbocycles. The van der Waals surface area contributed by atoms with Gasteiger partial charge in [0, 0.05) is 0 Å². The maximum absolute atomic E-state index is 2.38. The molecule has 250 valence electrons. The van der Waals surface area contributed by atoms with Crippen LogP contribution in [0.2, 0.25) is 0 Å².